The second-order valence-electron chi connectivity index (χ2n) is 5.90. The van der Waals surface area contributed by atoms with Crippen LogP contribution in [0.5, 0.6) is 0 Å². The molecule has 1 N–H and O–H groups in total. The summed E-state index contributed by atoms with van der Waals surface area (Å²) in [4.78, 5) is 24.9. The average Bonchev–Trinajstić information content (AvgIpc) is 2.67. The van der Waals surface area contributed by atoms with Gasteiger partial charge in [0.2, 0.25) is 6.04 Å². The van der Waals surface area contributed by atoms with Gasteiger partial charge in [0.1, 0.15) is 0 Å². The highest BCUT2D eigenvalue weighted by Gasteiger charge is 2.22. The average molecular weight is 366 g/mol. The molecule has 0 fully saturated rings. The largest absolute Gasteiger partial charge is 0.320 e. The van der Waals surface area contributed by atoms with Gasteiger partial charge in [-0.25, -0.2) is 0 Å². The van der Waals surface area contributed by atoms with Crippen molar-refractivity contribution in [1.29, 1.82) is 0 Å². The molecule has 0 aliphatic carbocycles. The Hall–Kier alpha value is -2.98. The van der Waals surface area contributed by atoms with Crippen molar-refractivity contribution < 1.29 is 14.2 Å². The Morgan fingerprint density at radius 1 is 0.923 bits per heavy atom. The highest BCUT2D eigenvalue weighted by molar-refractivity contribution is 6.30. The van der Waals surface area contributed by atoms with Crippen molar-refractivity contribution in [3.05, 3.63) is 95.3 Å². The van der Waals surface area contributed by atoms with E-state index >= 15 is 0 Å². The first-order valence-electron chi connectivity index (χ1n) is 8.21. The van der Waals surface area contributed by atoms with Crippen molar-refractivity contribution >= 4 is 29.0 Å². The van der Waals surface area contributed by atoms with Gasteiger partial charge in [0, 0.05) is 40.9 Å². The van der Waals surface area contributed by atoms with Gasteiger partial charge in [0.15, 0.2) is 18.2 Å². The fraction of sp³-hybridized carbons (Fsp3) is 0.0952. The maximum Gasteiger partial charge on any atom is 0.293 e. The van der Waals surface area contributed by atoms with Crippen LogP contribution in [0, 0.1) is 0 Å². The molecule has 4 nitrogen and oxygen atoms in total. The van der Waals surface area contributed by atoms with Crippen LogP contribution in [0.15, 0.2) is 79.1 Å². The van der Waals surface area contributed by atoms with E-state index in [0.717, 1.165) is 0 Å². The number of pyridine rings is 1. The number of anilines is 1. The summed E-state index contributed by atoms with van der Waals surface area (Å²) in [5.41, 5.74) is 1.86. The second kappa shape index (κ2) is 7.93. The molecule has 1 aromatic heterocycles. The number of benzene rings is 2. The lowest BCUT2D eigenvalue weighted by atomic mass is 10.0. The Labute approximate surface area is 157 Å². The number of carbonyl (C=O) groups is 2. The molecule has 3 rings (SSSR count). The molecule has 1 atom stereocenters. The quantitative estimate of drug-likeness (QED) is 0.547. The van der Waals surface area contributed by atoms with E-state index < -0.39 is 6.04 Å². The minimum Gasteiger partial charge on any atom is -0.320 e. The van der Waals surface area contributed by atoms with Gasteiger partial charge in [0.25, 0.3) is 5.91 Å². The molecule has 26 heavy (non-hydrogen) atoms. The highest BCUT2D eigenvalue weighted by Crippen LogP contribution is 2.16. The lowest BCUT2D eigenvalue weighted by Crippen LogP contribution is -2.44. The lowest BCUT2D eigenvalue weighted by Gasteiger charge is -2.09. The minimum atomic E-state index is -0.435. The summed E-state index contributed by atoms with van der Waals surface area (Å²) in [6.45, 7) is 1.79. The first-order chi connectivity index (χ1) is 12.5. The van der Waals surface area contributed by atoms with Crippen LogP contribution >= 0.6 is 11.6 Å². The fourth-order valence-electron chi connectivity index (χ4n) is 2.55. The standard InChI is InChI=1S/C21H17ClN2O2/c1-15(21(26)23-19-9-5-8-18(22)14-19)24-12-10-17(11-13-24)20(25)16-6-3-2-4-7-16/h2-15H,1H3/p+1/t15-/m1/s1. The molecule has 0 bridgehead atoms. The van der Waals surface area contributed by atoms with Crippen molar-refractivity contribution in [2.45, 2.75) is 13.0 Å². The maximum atomic E-state index is 12.4. The highest BCUT2D eigenvalue weighted by atomic mass is 35.5. The van der Waals surface area contributed by atoms with Crippen LogP contribution in [0.3, 0.4) is 0 Å². The van der Waals surface area contributed by atoms with E-state index in [0.29, 0.717) is 21.8 Å². The number of rotatable bonds is 5. The predicted molar refractivity (Wildman–Crippen MR) is 101 cm³/mol. The molecular formula is C21H18ClN2O2+. The second-order valence-corrected chi connectivity index (χ2v) is 6.34. The van der Waals surface area contributed by atoms with Crippen LogP contribution in [-0.2, 0) is 4.79 Å². The molecule has 0 aliphatic rings. The number of nitrogens with zero attached hydrogens (tertiary/aromatic N) is 1. The number of ketones is 1. The third kappa shape index (κ3) is 4.16. The first kappa shape index (κ1) is 17.8. The summed E-state index contributed by atoms with van der Waals surface area (Å²) in [6.07, 6.45) is 3.47. The SMILES string of the molecule is C[C@H](C(=O)Nc1cccc(Cl)c1)[n+]1ccc(C(=O)c2ccccc2)cc1. The Morgan fingerprint density at radius 3 is 2.23 bits per heavy atom. The molecular weight excluding hydrogens is 348 g/mol. The van der Waals surface area contributed by atoms with Crippen LogP contribution in [0.25, 0.3) is 0 Å². The van der Waals surface area contributed by atoms with E-state index in [1.807, 2.05) is 18.2 Å². The first-order valence-corrected chi connectivity index (χ1v) is 8.59. The molecule has 2 aromatic carbocycles. The van der Waals surface area contributed by atoms with Gasteiger partial charge in [-0.05, 0) is 18.2 Å². The molecule has 0 saturated carbocycles. The van der Waals surface area contributed by atoms with Crippen LogP contribution in [-0.4, -0.2) is 11.7 Å². The number of carbonyl (C=O) groups excluding carboxylic acids is 2. The molecule has 1 amide bonds. The van der Waals surface area contributed by atoms with Gasteiger partial charge in [-0.2, -0.15) is 4.57 Å². The van der Waals surface area contributed by atoms with E-state index in [4.69, 9.17) is 11.6 Å². The third-order valence-corrected chi connectivity index (χ3v) is 4.30. The van der Waals surface area contributed by atoms with Gasteiger partial charge in [-0.15, -0.1) is 0 Å². The van der Waals surface area contributed by atoms with Crippen molar-refractivity contribution in [3.8, 4) is 0 Å². The summed E-state index contributed by atoms with van der Waals surface area (Å²) in [5.74, 6) is -0.215. The monoisotopic (exact) mass is 365 g/mol. The van der Waals surface area contributed by atoms with Gasteiger partial charge < -0.3 is 5.32 Å². The van der Waals surface area contributed by atoms with E-state index in [-0.39, 0.29) is 11.7 Å². The molecule has 0 radical (unpaired) electrons. The molecule has 130 valence electrons. The van der Waals surface area contributed by atoms with E-state index in [2.05, 4.69) is 5.32 Å². The molecule has 5 heteroatoms. The predicted octanol–water partition coefficient (Wildman–Crippen LogP) is 4.06. The van der Waals surface area contributed by atoms with Crippen LogP contribution in [0.1, 0.15) is 28.9 Å². The fourth-order valence-corrected chi connectivity index (χ4v) is 2.74. The smallest absolute Gasteiger partial charge is 0.293 e. The summed E-state index contributed by atoms with van der Waals surface area (Å²) in [7, 11) is 0. The van der Waals surface area contributed by atoms with Crippen molar-refractivity contribution in [3.63, 3.8) is 0 Å². The van der Waals surface area contributed by atoms with Crippen LogP contribution in [0.4, 0.5) is 5.69 Å². The van der Waals surface area contributed by atoms with Gasteiger partial charge in [-0.1, -0.05) is 48.0 Å². The van der Waals surface area contributed by atoms with Gasteiger partial charge >= 0.3 is 0 Å². The van der Waals surface area contributed by atoms with Crippen molar-refractivity contribution in [2.75, 3.05) is 5.32 Å². The third-order valence-electron chi connectivity index (χ3n) is 4.07. The Bertz CT molecular complexity index is 924. The van der Waals surface area contributed by atoms with E-state index in [9.17, 15) is 9.59 Å². The zero-order valence-electron chi connectivity index (χ0n) is 14.2. The zero-order valence-corrected chi connectivity index (χ0v) is 15.0. The molecule has 3 aromatic rings. The number of amides is 1. The summed E-state index contributed by atoms with van der Waals surface area (Å²) in [5, 5.41) is 3.39. The van der Waals surface area contributed by atoms with E-state index in [1.54, 1.807) is 72.4 Å². The van der Waals surface area contributed by atoms with Crippen LogP contribution < -0.4 is 9.88 Å². The van der Waals surface area contributed by atoms with Crippen LogP contribution in [0.2, 0.25) is 5.02 Å². The zero-order chi connectivity index (χ0) is 18.5. The maximum absolute atomic E-state index is 12.4. The molecule has 0 spiro atoms. The molecule has 0 aliphatic heterocycles. The van der Waals surface area contributed by atoms with Gasteiger partial charge in [0.05, 0.1) is 0 Å². The number of hydrogen-bond acceptors (Lipinski definition) is 2. The summed E-state index contributed by atoms with van der Waals surface area (Å²) >= 11 is 5.93. The van der Waals surface area contributed by atoms with E-state index in [1.165, 1.54) is 0 Å². The summed E-state index contributed by atoms with van der Waals surface area (Å²) in [6, 6.07) is 19.1. The Kier molecular flexibility index (Phi) is 5.44. The normalized spacial score (nSPS) is 11.6. The Balaban J connectivity index is 1.71. The van der Waals surface area contributed by atoms with Crippen molar-refractivity contribution in [2.24, 2.45) is 0 Å². The molecule has 1 heterocycles. The topological polar surface area (TPSA) is 50.1 Å². The van der Waals surface area contributed by atoms with Crippen molar-refractivity contribution in [1.82, 2.24) is 0 Å². The molecule has 0 saturated heterocycles. The number of hydrogen-bond donors (Lipinski definition) is 1. The number of aromatic nitrogens is 1. The Morgan fingerprint density at radius 2 is 1.58 bits per heavy atom. The van der Waals surface area contributed by atoms with Gasteiger partial charge in [-0.3, -0.25) is 9.59 Å². The number of nitrogens with one attached hydrogen (secondary N) is 1. The molecule has 0 unspecified atom stereocenters. The minimum absolute atomic E-state index is 0.0474. The number of halogens is 1. The summed E-state index contributed by atoms with van der Waals surface area (Å²) < 4.78 is 1.75. The lowest BCUT2D eigenvalue weighted by molar-refractivity contribution is -0.705.